The summed E-state index contributed by atoms with van der Waals surface area (Å²) in [5, 5.41) is 24.6. The van der Waals surface area contributed by atoms with E-state index in [1.165, 1.54) is 19.4 Å². The van der Waals surface area contributed by atoms with Crippen LogP contribution in [0.25, 0.3) is 11.0 Å². The van der Waals surface area contributed by atoms with Gasteiger partial charge >= 0.3 is 6.09 Å². The van der Waals surface area contributed by atoms with E-state index >= 15 is 0 Å². The first-order valence-electron chi connectivity index (χ1n) is 8.37. The number of nitrogens with one attached hydrogen (secondary N) is 2. The first-order chi connectivity index (χ1) is 12.5. The number of nitrogens with zero attached hydrogens (tertiary/aromatic N) is 2. The van der Waals surface area contributed by atoms with Crippen molar-refractivity contribution in [2.75, 3.05) is 7.11 Å². The van der Waals surface area contributed by atoms with E-state index in [-0.39, 0.29) is 18.6 Å². The highest BCUT2D eigenvalue weighted by Gasteiger charge is 2.30. The van der Waals surface area contributed by atoms with Crippen molar-refractivity contribution in [3.8, 4) is 5.88 Å². The Morgan fingerprint density at radius 3 is 2.92 bits per heavy atom. The second kappa shape index (κ2) is 7.79. The zero-order valence-corrected chi connectivity index (χ0v) is 14.3. The minimum atomic E-state index is -1.10. The van der Waals surface area contributed by atoms with E-state index in [1.807, 2.05) is 0 Å². The fourth-order valence-electron chi connectivity index (χ4n) is 3.28. The van der Waals surface area contributed by atoms with Crippen LogP contribution >= 0.6 is 0 Å². The van der Waals surface area contributed by atoms with Gasteiger partial charge in [-0.15, -0.1) is 0 Å². The van der Waals surface area contributed by atoms with E-state index in [2.05, 4.69) is 20.6 Å². The van der Waals surface area contributed by atoms with Crippen LogP contribution in [0.2, 0.25) is 0 Å². The lowest BCUT2D eigenvalue weighted by atomic mass is 9.88. The summed E-state index contributed by atoms with van der Waals surface area (Å²) in [4.78, 5) is 19.2. The Morgan fingerprint density at radius 2 is 2.23 bits per heavy atom. The molecule has 1 heterocycles. The summed E-state index contributed by atoms with van der Waals surface area (Å²) >= 11 is 0. The first-order valence-corrected chi connectivity index (χ1v) is 8.37. The third kappa shape index (κ3) is 4.00. The molecular formula is C17H21FN4O4. The maximum absolute atomic E-state index is 14.3. The fourth-order valence-corrected chi connectivity index (χ4v) is 3.28. The number of methoxy groups -OCH3 is 1. The number of halogens is 1. The molecule has 1 aromatic heterocycles. The molecule has 1 saturated carbocycles. The number of benzene rings is 1. The van der Waals surface area contributed by atoms with Gasteiger partial charge in [0.1, 0.15) is 11.3 Å². The maximum atomic E-state index is 14.3. The molecule has 2 aromatic rings. The van der Waals surface area contributed by atoms with Crippen molar-refractivity contribution in [1.82, 2.24) is 20.6 Å². The molecule has 1 unspecified atom stereocenters. The number of aliphatic hydroxyl groups excluding tert-OH is 1. The fraction of sp³-hybridized carbons (Fsp3) is 0.471. The number of fused-ring (bicyclic) bond motifs is 1. The van der Waals surface area contributed by atoms with E-state index in [9.17, 15) is 14.3 Å². The molecule has 1 aliphatic carbocycles. The summed E-state index contributed by atoms with van der Waals surface area (Å²) in [5.41, 5.74) is 1.32. The van der Waals surface area contributed by atoms with Crippen LogP contribution in [0.1, 0.15) is 24.8 Å². The number of aromatic nitrogens is 2. The number of carbonyl (C=O) groups is 1. The zero-order valence-electron chi connectivity index (χ0n) is 14.3. The topological polar surface area (TPSA) is 117 Å². The van der Waals surface area contributed by atoms with Crippen LogP contribution in [-0.4, -0.2) is 51.6 Å². The minimum Gasteiger partial charge on any atom is -0.480 e. The van der Waals surface area contributed by atoms with Crippen molar-refractivity contribution in [2.24, 2.45) is 0 Å². The molecule has 1 aromatic carbocycles. The van der Waals surface area contributed by atoms with Gasteiger partial charge in [0.15, 0.2) is 0 Å². The Balaban J connectivity index is 1.72. The summed E-state index contributed by atoms with van der Waals surface area (Å²) in [5.74, 6) is -0.118. The molecule has 9 heteroatoms. The molecule has 0 bridgehead atoms. The van der Waals surface area contributed by atoms with Crippen LogP contribution in [0.15, 0.2) is 18.3 Å². The van der Waals surface area contributed by atoms with Crippen molar-refractivity contribution in [2.45, 2.75) is 44.0 Å². The number of rotatable bonds is 5. The maximum Gasteiger partial charge on any atom is 0.404 e. The number of carboxylic acid groups (broad SMARTS) is 1. The van der Waals surface area contributed by atoms with Gasteiger partial charge in [-0.25, -0.2) is 19.2 Å². The van der Waals surface area contributed by atoms with Crippen molar-refractivity contribution in [1.29, 1.82) is 0 Å². The van der Waals surface area contributed by atoms with Crippen LogP contribution in [-0.2, 0) is 6.54 Å². The Labute approximate surface area is 149 Å². The summed E-state index contributed by atoms with van der Waals surface area (Å²) in [6.45, 7) is 0.170. The number of amides is 1. The monoisotopic (exact) mass is 364 g/mol. The van der Waals surface area contributed by atoms with Crippen LogP contribution in [0.3, 0.4) is 0 Å². The SMILES string of the molecule is COc1cnc2ccc(F)c(CN[C@@H]3CCC(NC(=O)O)C[C@@H]3O)c2n1. The van der Waals surface area contributed by atoms with Gasteiger partial charge in [-0.1, -0.05) is 0 Å². The molecule has 1 aliphatic rings. The number of ether oxygens (including phenoxy) is 1. The lowest BCUT2D eigenvalue weighted by Crippen LogP contribution is -2.49. The van der Waals surface area contributed by atoms with Gasteiger partial charge in [-0.05, 0) is 31.4 Å². The Morgan fingerprint density at radius 1 is 1.42 bits per heavy atom. The third-order valence-electron chi connectivity index (χ3n) is 4.63. The molecule has 0 saturated heterocycles. The van der Waals surface area contributed by atoms with Crippen molar-refractivity contribution in [3.05, 3.63) is 29.7 Å². The van der Waals surface area contributed by atoms with Crippen LogP contribution in [0, 0.1) is 5.82 Å². The number of hydrogen-bond acceptors (Lipinski definition) is 6. The molecule has 0 radical (unpaired) electrons. The Bertz CT molecular complexity index is 804. The summed E-state index contributed by atoms with van der Waals surface area (Å²) in [6, 6.07) is 2.36. The molecule has 1 fully saturated rings. The number of aliphatic hydroxyl groups is 1. The highest BCUT2D eigenvalue weighted by atomic mass is 19.1. The molecular weight excluding hydrogens is 343 g/mol. The van der Waals surface area contributed by atoms with Gasteiger partial charge in [-0.3, -0.25) is 0 Å². The average Bonchev–Trinajstić information content (AvgIpc) is 2.61. The second-order valence-electron chi connectivity index (χ2n) is 6.32. The predicted molar refractivity (Wildman–Crippen MR) is 91.5 cm³/mol. The third-order valence-corrected chi connectivity index (χ3v) is 4.63. The smallest absolute Gasteiger partial charge is 0.404 e. The molecule has 140 valence electrons. The molecule has 0 spiro atoms. The largest absolute Gasteiger partial charge is 0.480 e. The van der Waals surface area contributed by atoms with E-state index in [1.54, 1.807) is 6.07 Å². The normalized spacial score (nSPS) is 23.0. The van der Waals surface area contributed by atoms with Gasteiger partial charge in [0.05, 0.1) is 24.9 Å². The van der Waals surface area contributed by atoms with Gasteiger partial charge in [0, 0.05) is 24.2 Å². The predicted octanol–water partition coefficient (Wildman–Crippen LogP) is 1.42. The zero-order chi connectivity index (χ0) is 18.7. The van der Waals surface area contributed by atoms with Gasteiger partial charge in [0.25, 0.3) is 0 Å². The van der Waals surface area contributed by atoms with Gasteiger partial charge in [0.2, 0.25) is 5.88 Å². The standard InChI is InChI=1S/C17H21FN4O4/c1-26-15-8-20-13-5-3-11(18)10(16(13)22-15)7-19-12-4-2-9(6-14(12)23)21-17(24)25/h3,5,8-9,12,14,19,21,23H,2,4,6-7H2,1H3,(H,24,25)/t9?,12-,14+/m1/s1. The lowest BCUT2D eigenvalue weighted by molar-refractivity contribution is 0.0740. The second-order valence-corrected chi connectivity index (χ2v) is 6.32. The molecule has 0 aliphatic heterocycles. The highest BCUT2D eigenvalue weighted by Crippen LogP contribution is 2.23. The molecule has 1 amide bonds. The van der Waals surface area contributed by atoms with Crippen molar-refractivity contribution < 1.29 is 24.1 Å². The quantitative estimate of drug-likeness (QED) is 0.634. The number of hydrogen-bond donors (Lipinski definition) is 4. The van der Waals surface area contributed by atoms with E-state index in [0.29, 0.717) is 41.7 Å². The van der Waals surface area contributed by atoms with E-state index in [4.69, 9.17) is 9.84 Å². The lowest BCUT2D eigenvalue weighted by Gasteiger charge is -2.33. The van der Waals surface area contributed by atoms with Crippen LogP contribution < -0.4 is 15.4 Å². The first kappa shape index (κ1) is 18.3. The molecule has 3 atom stereocenters. The van der Waals surface area contributed by atoms with E-state index < -0.39 is 18.0 Å². The highest BCUT2D eigenvalue weighted by molar-refractivity contribution is 5.78. The van der Waals surface area contributed by atoms with Crippen LogP contribution in [0.5, 0.6) is 5.88 Å². The summed E-state index contributed by atoms with van der Waals surface area (Å²) in [7, 11) is 1.47. The molecule has 26 heavy (non-hydrogen) atoms. The van der Waals surface area contributed by atoms with Crippen molar-refractivity contribution in [3.63, 3.8) is 0 Å². The summed E-state index contributed by atoms with van der Waals surface area (Å²) in [6.07, 6.45) is 1.14. The average molecular weight is 364 g/mol. The van der Waals surface area contributed by atoms with E-state index in [0.717, 1.165) is 0 Å². The van der Waals surface area contributed by atoms with Gasteiger partial charge in [-0.2, -0.15) is 0 Å². The molecule has 4 N–H and O–H groups in total. The minimum absolute atomic E-state index is 0.170. The van der Waals surface area contributed by atoms with Crippen molar-refractivity contribution >= 4 is 17.1 Å². The Kier molecular flexibility index (Phi) is 5.48. The Hall–Kier alpha value is -2.52. The van der Waals surface area contributed by atoms with Crippen LogP contribution in [0.4, 0.5) is 9.18 Å². The summed E-state index contributed by atoms with van der Waals surface area (Å²) < 4.78 is 19.4. The molecule has 8 nitrogen and oxygen atoms in total. The molecule has 3 rings (SSSR count). The van der Waals surface area contributed by atoms with Gasteiger partial charge < -0.3 is 25.6 Å².